The van der Waals surface area contributed by atoms with Crippen molar-refractivity contribution >= 4 is 11.7 Å². The summed E-state index contributed by atoms with van der Waals surface area (Å²) in [6.45, 7) is 4.70. The maximum atomic E-state index is 11.8. The first-order chi connectivity index (χ1) is 14.0. The van der Waals surface area contributed by atoms with Gasteiger partial charge in [-0.2, -0.15) is 0 Å². The molecule has 0 spiro atoms. The third-order valence-electron chi connectivity index (χ3n) is 4.72. The number of hydrogen-bond acceptors (Lipinski definition) is 6. The van der Waals surface area contributed by atoms with Gasteiger partial charge in [-0.25, -0.2) is 9.97 Å². The second-order valence-electron chi connectivity index (χ2n) is 6.79. The second kappa shape index (κ2) is 9.14. The Morgan fingerprint density at radius 2 is 1.97 bits per heavy atom. The number of anilines is 1. The first-order valence-electron chi connectivity index (χ1n) is 9.40. The Morgan fingerprint density at radius 3 is 2.66 bits per heavy atom. The van der Waals surface area contributed by atoms with Crippen LogP contribution in [0.2, 0.25) is 0 Å². The van der Waals surface area contributed by atoms with Crippen LogP contribution in [0.3, 0.4) is 0 Å². The summed E-state index contributed by atoms with van der Waals surface area (Å²) >= 11 is 0. The molecule has 0 bridgehead atoms. The molecular weight excluding hydrogens is 366 g/mol. The Balaban J connectivity index is 1.72. The van der Waals surface area contributed by atoms with Crippen LogP contribution in [-0.2, 0) is 0 Å². The number of nitrogens with one attached hydrogen (secondary N) is 2. The number of aromatic nitrogens is 3. The Bertz CT molecular complexity index is 989. The van der Waals surface area contributed by atoms with Crippen molar-refractivity contribution in [3.05, 3.63) is 65.7 Å². The third kappa shape index (κ3) is 4.87. The van der Waals surface area contributed by atoms with Crippen molar-refractivity contribution in [1.29, 1.82) is 0 Å². The van der Waals surface area contributed by atoms with Crippen molar-refractivity contribution in [3.8, 4) is 17.0 Å². The van der Waals surface area contributed by atoms with Crippen LogP contribution in [-0.4, -0.2) is 41.6 Å². The Labute approximate surface area is 170 Å². The first-order valence-corrected chi connectivity index (χ1v) is 9.40. The molecule has 2 aromatic heterocycles. The molecular formula is C22H25N5O2. The van der Waals surface area contributed by atoms with E-state index < -0.39 is 0 Å². The van der Waals surface area contributed by atoms with E-state index in [9.17, 15) is 4.79 Å². The summed E-state index contributed by atoms with van der Waals surface area (Å²) in [6, 6.07) is 11.4. The predicted molar refractivity (Wildman–Crippen MR) is 113 cm³/mol. The normalized spacial score (nSPS) is 11.6. The highest BCUT2D eigenvalue weighted by Gasteiger charge is 2.15. The molecule has 3 aromatic rings. The van der Waals surface area contributed by atoms with E-state index in [2.05, 4.69) is 32.5 Å². The molecule has 2 heterocycles. The Morgan fingerprint density at radius 1 is 1.14 bits per heavy atom. The number of aryl methyl sites for hydroxylation is 1. The van der Waals surface area contributed by atoms with Crippen LogP contribution in [0.5, 0.6) is 5.75 Å². The minimum Gasteiger partial charge on any atom is -0.496 e. The lowest BCUT2D eigenvalue weighted by molar-refractivity contribution is 0.0962. The van der Waals surface area contributed by atoms with Crippen molar-refractivity contribution in [2.45, 2.75) is 19.8 Å². The van der Waals surface area contributed by atoms with Crippen LogP contribution in [0, 0.1) is 6.92 Å². The molecule has 3 rings (SSSR count). The van der Waals surface area contributed by atoms with Gasteiger partial charge < -0.3 is 15.4 Å². The highest BCUT2D eigenvalue weighted by Crippen LogP contribution is 2.28. The molecule has 0 saturated heterocycles. The van der Waals surface area contributed by atoms with E-state index in [0.717, 1.165) is 28.3 Å². The predicted octanol–water partition coefficient (Wildman–Crippen LogP) is 3.43. The molecule has 0 unspecified atom stereocenters. The smallest absolute Gasteiger partial charge is 0.251 e. The minimum absolute atomic E-state index is 0.139. The zero-order valence-corrected chi connectivity index (χ0v) is 17.1. The van der Waals surface area contributed by atoms with Gasteiger partial charge in [0.05, 0.1) is 12.8 Å². The van der Waals surface area contributed by atoms with Crippen molar-refractivity contribution in [2.75, 3.05) is 26.0 Å². The van der Waals surface area contributed by atoms with Crippen LogP contribution in [0.25, 0.3) is 11.3 Å². The van der Waals surface area contributed by atoms with E-state index in [4.69, 9.17) is 4.74 Å². The maximum absolute atomic E-state index is 11.8. The van der Waals surface area contributed by atoms with Crippen molar-refractivity contribution in [3.63, 3.8) is 0 Å². The fourth-order valence-electron chi connectivity index (χ4n) is 3.00. The molecule has 0 saturated carbocycles. The van der Waals surface area contributed by atoms with Gasteiger partial charge in [0.2, 0.25) is 0 Å². The molecule has 0 aliphatic heterocycles. The number of hydrogen-bond donors (Lipinski definition) is 2. The molecule has 0 aliphatic rings. The monoisotopic (exact) mass is 391 g/mol. The SMILES string of the molecule is CNC(=O)c1ccc([C@H](C)CNc2cc(-c3ccc(C)nc3)ncn2)c(OC)c1. The van der Waals surface area contributed by atoms with Gasteiger partial charge in [-0.05, 0) is 36.8 Å². The van der Waals surface area contributed by atoms with E-state index in [0.29, 0.717) is 17.9 Å². The zero-order chi connectivity index (χ0) is 20.8. The van der Waals surface area contributed by atoms with E-state index in [1.54, 1.807) is 32.6 Å². The number of carbonyl (C=O) groups is 1. The summed E-state index contributed by atoms with van der Waals surface area (Å²) in [5.74, 6) is 1.43. The van der Waals surface area contributed by atoms with Crippen LogP contribution >= 0.6 is 0 Å². The lowest BCUT2D eigenvalue weighted by atomic mass is 9.98. The molecule has 0 aliphatic carbocycles. The molecule has 1 amide bonds. The van der Waals surface area contributed by atoms with E-state index >= 15 is 0 Å². The molecule has 0 fully saturated rings. The molecule has 2 N–H and O–H groups in total. The molecule has 1 atom stereocenters. The first kappa shape index (κ1) is 20.3. The average molecular weight is 391 g/mol. The van der Waals surface area contributed by atoms with E-state index in [-0.39, 0.29) is 11.8 Å². The third-order valence-corrected chi connectivity index (χ3v) is 4.72. The van der Waals surface area contributed by atoms with Gasteiger partial charge in [-0.3, -0.25) is 9.78 Å². The standard InChI is InChI=1S/C22H25N5O2/c1-14(18-8-7-16(22(28)23-3)9-20(18)29-4)11-25-21-10-19(26-13-27-21)17-6-5-15(2)24-12-17/h5-10,12-14H,11H2,1-4H3,(H,23,28)(H,25,26,27)/t14-/m1/s1. The maximum Gasteiger partial charge on any atom is 0.251 e. The number of carbonyl (C=O) groups excluding carboxylic acids is 1. The quantitative estimate of drug-likeness (QED) is 0.641. The number of methoxy groups -OCH3 is 1. The number of benzene rings is 1. The molecule has 7 nitrogen and oxygen atoms in total. The summed E-state index contributed by atoms with van der Waals surface area (Å²) in [7, 11) is 3.22. The van der Waals surface area contributed by atoms with Crippen LogP contribution in [0.15, 0.2) is 48.9 Å². The summed E-state index contributed by atoms with van der Waals surface area (Å²) in [6.07, 6.45) is 3.35. The van der Waals surface area contributed by atoms with Crippen molar-refractivity contribution in [1.82, 2.24) is 20.3 Å². The molecule has 7 heteroatoms. The van der Waals surface area contributed by atoms with Crippen LogP contribution < -0.4 is 15.4 Å². The van der Waals surface area contributed by atoms with Gasteiger partial charge in [-0.15, -0.1) is 0 Å². The summed E-state index contributed by atoms with van der Waals surface area (Å²) in [5.41, 5.74) is 4.31. The topological polar surface area (TPSA) is 89.0 Å². The second-order valence-corrected chi connectivity index (χ2v) is 6.79. The van der Waals surface area contributed by atoms with E-state index in [1.165, 1.54) is 0 Å². The summed E-state index contributed by atoms with van der Waals surface area (Å²) in [5, 5.41) is 5.98. The van der Waals surface area contributed by atoms with Gasteiger partial charge >= 0.3 is 0 Å². The number of rotatable bonds is 7. The van der Waals surface area contributed by atoms with Gasteiger partial charge in [0, 0.05) is 48.6 Å². The van der Waals surface area contributed by atoms with E-state index in [1.807, 2.05) is 37.4 Å². The highest BCUT2D eigenvalue weighted by atomic mass is 16.5. The van der Waals surface area contributed by atoms with Gasteiger partial charge in [-0.1, -0.05) is 13.0 Å². The highest BCUT2D eigenvalue weighted by molar-refractivity contribution is 5.94. The molecule has 1 aromatic carbocycles. The summed E-state index contributed by atoms with van der Waals surface area (Å²) < 4.78 is 5.50. The molecule has 0 radical (unpaired) electrons. The largest absolute Gasteiger partial charge is 0.496 e. The van der Waals surface area contributed by atoms with Gasteiger partial charge in [0.1, 0.15) is 17.9 Å². The fraction of sp³-hybridized carbons (Fsp3) is 0.273. The van der Waals surface area contributed by atoms with Crippen molar-refractivity contribution < 1.29 is 9.53 Å². The van der Waals surface area contributed by atoms with Crippen LogP contribution in [0.4, 0.5) is 5.82 Å². The number of nitrogens with zero attached hydrogens (tertiary/aromatic N) is 3. The fourth-order valence-corrected chi connectivity index (χ4v) is 3.00. The van der Waals surface area contributed by atoms with Crippen LogP contribution in [0.1, 0.15) is 34.5 Å². The Hall–Kier alpha value is -3.48. The molecule has 150 valence electrons. The van der Waals surface area contributed by atoms with Gasteiger partial charge in [0.15, 0.2) is 0 Å². The van der Waals surface area contributed by atoms with Crippen molar-refractivity contribution in [2.24, 2.45) is 0 Å². The lowest BCUT2D eigenvalue weighted by Crippen LogP contribution is -2.18. The minimum atomic E-state index is -0.139. The molecule has 29 heavy (non-hydrogen) atoms. The number of amides is 1. The number of pyridine rings is 1. The lowest BCUT2D eigenvalue weighted by Gasteiger charge is -2.17. The Kier molecular flexibility index (Phi) is 6.39. The van der Waals surface area contributed by atoms with Gasteiger partial charge in [0.25, 0.3) is 5.91 Å². The summed E-state index contributed by atoms with van der Waals surface area (Å²) in [4.78, 5) is 24.8. The average Bonchev–Trinajstić information content (AvgIpc) is 2.77. The number of ether oxygens (including phenoxy) is 1. The zero-order valence-electron chi connectivity index (χ0n) is 17.1.